The first-order valence-electron chi connectivity index (χ1n) is 10.7. The van der Waals surface area contributed by atoms with E-state index in [1.54, 1.807) is 24.3 Å². The maximum absolute atomic E-state index is 13.0. The molecular formula is C23H29N3O7S. The van der Waals surface area contributed by atoms with Gasteiger partial charge in [0.25, 0.3) is 5.91 Å². The van der Waals surface area contributed by atoms with Crippen molar-refractivity contribution in [3.63, 3.8) is 0 Å². The van der Waals surface area contributed by atoms with E-state index < -0.39 is 28.5 Å². The maximum atomic E-state index is 13.0. The number of benzene rings is 2. The molecule has 0 radical (unpaired) electrons. The van der Waals surface area contributed by atoms with Gasteiger partial charge >= 0.3 is 5.97 Å². The lowest BCUT2D eigenvalue weighted by molar-refractivity contribution is -0.119. The van der Waals surface area contributed by atoms with Crippen LogP contribution in [0.15, 0.2) is 41.3 Å². The molecule has 10 nitrogen and oxygen atoms in total. The Kier molecular flexibility index (Phi) is 8.00. The molecule has 0 spiro atoms. The van der Waals surface area contributed by atoms with Gasteiger partial charge in [0.2, 0.25) is 10.0 Å². The van der Waals surface area contributed by atoms with Gasteiger partial charge in [0.15, 0.2) is 6.61 Å². The van der Waals surface area contributed by atoms with Crippen LogP contribution in [0, 0.1) is 0 Å². The molecule has 0 saturated carbocycles. The smallest absolute Gasteiger partial charge is 0.340 e. The van der Waals surface area contributed by atoms with Crippen LogP contribution in [0.2, 0.25) is 0 Å². The van der Waals surface area contributed by atoms with E-state index in [4.69, 9.17) is 14.2 Å². The van der Waals surface area contributed by atoms with Gasteiger partial charge in [-0.3, -0.25) is 4.79 Å². The van der Waals surface area contributed by atoms with E-state index in [9.17, 15) is 18.0 Å². The quantitative estimate of drug-likeness (QED) is 0.532. The number of sulfonamides is 1. The number of carbonyl (C=O) groups excluding carboxylic acids is 2. The van der Waals surface area contributed by atoms with Gasteiger partial charge in [-0.2, -0.15) is 0 Å². The maximum Gasteiger partial charge on any atom is 0.340 e. The highest BCUT2D eigenvalue weighted by molar-refractivity contribution is 7.89. The molecular weight excluding hydrogens is 462 g/mol. The van der Waals surface area contributed by atoms with Crippen LogP contribution in [0.5, 0.6) is 11.5 Å². The van der Waals surface area contributed by atoms with Crippen LogP contribution in [-0.4, -0.2) is 72.6 Å². The summed E-state index contributed by atoms with van der Waals surface area (Å²) in [5.74, 6) is -0.411. The molecule has 11 heteroatoms. The van der Waals surface area contributed by atoms with Crippen LogP contribution < -0.4 is 19.7 Å². The summed E-state index contributed by atoms with van der Waals surface area (Å²) in [6.45, 7) is 0.938. The Morgan fingerprint density at radius 2 is 1.74 bits per heavy atom. The Morgan fingerprint density at radius 1 is 1.03 bits per heavy atom. The Hall–Kier alpha value is -3.31. The van der Waals surface area contributed by atoms with Crippen molar-refractivity contribution in [2.24, 2.45) is 0 Å². The number of esters is 1. The van der Waals surface area contributed by atoms with Crippen LogP contribution in [0.25, 0.3) is 0 Å². The molecule has 3 rings (SSSR count). The number of nitrogens with one attached hydrogen (secondary N) is 1. The van der Waals surface area contributed by atoms with Crippen molar-refractivity contribution in [1.29, 1.82) is 0 Å². The average Bonchev–Trinajstić information content (AvgIpc) is 3.37. The lowest BCUT2D eigenvalue weighted by Gasteiger charge is -2.22. The highest BCUT2D eigenvalue weighted by atomic mass is 32.2. The van der Waals surface area contributed by atoms with Crippen molar-refractivity contribution in [3.8, 4) is 11.5 Å². The average molecular weight is 492 g/mol. The highest BCUT2D eigenvalue weighted by Crippen LogP contribution is 2.30. The summed E-state index contributed by atoms with van der Waals surface area (Å²) >= 11 is 0. The first kappa shape index (κ1) is 25.3. The molecule has 1 amide bonds. The molecule has 0 aromatic heterocycles. The Bertz CT molecular complexity index is 1160. The first-order chi connectivity index (χ1) is 16.2. The molecule has 0 unspecified atom stereocenters. The molecule has 0 aliphatic carbocycles. The van der Waals surface area contributed by atoms with Gasteiger partial charge in [0, 0.05) is 33.3 Å². The van der Waals surface area contributed by atoms with E-state index in [0.29, 0.717) is 22.9 Å². The summed E-state index contributed by atoms with van der Waals surface area (Å²) in [6.07, 6.45) is 1.94. The number of anilines is 2. The number of hydrogen-bond donors (Lipinski definition) is 1. The summed E-state index contributed by atoms with van der Waals surface area (Å²) in [7, 11) is 2.05. The van der Waals surface area contributed by atoms with E-state index in [-0.39, 0.29) is 10.5 Å². The molecule has 1 aliphatic rings. The molecule has 34 heavy (non-hydrogen) atoms. The molecule has 1 saturated heterocycles. The summed E-state index contributed by atoms with van der Waals surface area (Å²) in [5, 5.41) is 2.63. The van der Waals surface area contributed by atoms with Crippen molar-refractivity contribution in [2.45, 2.75) is 17.7 Å². The summed E-state index contributed by atoms with van der Waals surface area (Å²) < 4.78 is 41.9. The van der Waals surface area contributed by atoms with Crippen LogP contribution in [0.1, 0.15) is 23.2 Å². The molecule has 2 aromatic rings. The van der Waals surface area contributed by atoms with Crippen LogP contribution in [-0.2, 0) is 19.6 Å². The minimum absolute atomic E-state index is 0.0279. The van der Waals surface area contributed by atoms with E-state index in [0.717, 1.165) is 30.2 Å². The Balaban J connectivity index is 1.78. The van der Waals surface area contributed by atoms with Gasteiger partial charge in [-0.1, -0.05) is 0 Å². The standard InChI is InChI=1S/C23H29N3O7S/c1-25(2)34(29,30)17-8-10-20(26-11-5-6-12-26)18(14-17)23(28)33-15-22(27)24-19-9-7-16(31-3)13-21(19)32-4/h7-10,13-14H,5-6,11-12,15H2,1-4H3,(H,24,27). The van der Waals surface area contributed by atoms with Crippen LogP contribution >= 0.6 is 0 Å². The molecule has 184 valence electrons. The van der Waals surface area contributed by atoms with Crippen molar-refractivity contribution in [1.82, 2.24) is 4.31 Å². The summed E-state index contributed by atoms with van der Waals surface area (Å²) in [6, 6.07) is 9.26. The van der Waals surface area contributed by atoms with Gasteiger partial charge in [-0.15, -0.1) is 0 Å². The fourth-order valence-electron chi connectivity index (χ4n) is 3.58. The van der Waals surface area contributed by atoms with Gasteiger partial charge in [-0.05, 0) is 43.2 Å². The minimum atomic E-state index is -3.76. The lowest BCUT2D eigenvalue weighted by Crippen LogP contribution is -2.26. The number of amides is 1. The third-order valence-electron chi connectivity index (χ3n) is 5.43. The van der Waals surface area contributed by atoms with E-state index in [1.165, 1.54) is 40.4 Å². The Labute approximate surface area is 199 Å². The largest absolute Gasteiger partial charge is 0.497 e. The number of rotatable bonds is 9. The number of methoxy groups -OCH3 is 2. The zero-order valence-corrected chi connectivity index (χ0v) is 20.5. The predicted octanol–water partition coefficient (Wildman–Crippen LogP) is 2.35. The fraction of sp³-hybridized carbons (Fsp3) is 0.391. The Morgan fingerprint density at radius 3 is 2.35 bits per heavy atom. The van der Waals surface area contributed by atoms with Gasteiger partial charge in [0.05, 0.1) is 36.1 Å². The minimum Gasteiger partial charge on any atom is -0.497 e. The molecule has 1 fully saturated rings. The van der Waals surface area contributed by atoms with Crippen molar-refractivity contribution >= 4 is 33.3 Å². The van der Waals surface area contributed by atoms with Crippen LogP contribution in [0.3, 0.4) is 0 Å². The van der Waals surface area contributed by atoms with Crippen molar-refractivity contribution in [2.75, 3.05) is 58.2 Å². The second-order valence-corrected chi connectivity index (χ2v) is 10.0. The molecule has 0 bridgehead atoms. The van der Waals surface area contributed by atoms with E-state index >= 15 is 0 Å². The third kappa shape index (κ3) is 5.60. The van der Waals surface area contributed by atoms with Gasteiger partial charge < -0.3 is 24.4 Å². The topological polar surface area (TPSA) is 114 Å². The molecule has 0 atom stereocenters. The molecule has 1 N–H and O–H groups in total. The number of ether oxygens (including phenoxy) is 3. The monoisotopic (exact) mass is 491 g/mol. The zero-order valence-electron chi connectivity index (χ0n) is 19.7. The van der Waals surface area contributed by atoms with Crippen molar-refractivity contribution < 1.29 is 32.2 Å². The number of hydrogen-bond acceptors (Lipinski definition) is 8. The summed E-state index contributed by atoms with van der Waals surface area (Å²) in [5.41, 5.74) is 1.07. The SMILES string of the molecule is COc1ccc(NC(=O)COC(=O)c2cc(S(=O)(=O)N(C)C)ccc2N2CCCC2)c(OC)c1. The molecule has 2 aromatic carbocycles. The van der Waals surface area contributed by atoms with Gasteiger partial charge in [0.1, 0.15) is 11.5 Å². The van der Waals surface area contributed by atoms with Crippen LogP contribution in [0.4, 0.5) is 11.4 Å². The second-order valence-electron chi connectivity index (χ2n) is 7.85. The van der Waals surface area contributed by atoms with Crippen molar-refractivity contribution in [3.05, 3.63) is 42.0 Å². The fourth-order valence-corrected chi connectivity index (χ4v) is 4.51. The third-order valence-corrected chi connectivity index (χ3v) is 7.24. The normalized spacial score (nSPS) is 13.6. The van der Waals surface area contributed by atoms with E-state index in [2.05, 4.69) is 5.32 Å². The summed E-state index contributed by atoms with van der Waals surface area (Å²) in [4.78, 5) is 27.4. The molecule has 1 heterocycles. The number of nitrogens with zero attached hydrogens (tertiary/aromatic N) is 2. The highest BCUT2D eigenvalue weighted by Gasteiger charge is 2.25. The first-order valence-corrected chi connectivity index (χ1v) is 12.1. The van der Waals surface area contributed by atoms with Gasteiger partial charge in [-0.25, -0.2) is 17.5 Å². The molecule has 1 aliphatic heterocycles. The number of carbonyl (C=O) groups is 2. The second kappa shape index (κ2) is 10.7. The predicted molar refractivity (Wildman–Crippen MR) is 127 cm³/mol. The van der Waals surface area contributed by atoms with E-state index in [1.807, 2.05) is 4.90 Å². The lowest BCUT2D eigenvalue weighted by atomic mass is 10.1. The zero-order chi connectivity index (χ0) is 24.9.